The van der Waals surface area contributed by atoms with E-state index in [1.165, 1.54) is 0 Å². The van der Waals surface area contributed by atoms with Gasteiger partial charge in [0.1, 0.15) is 0 Å². The molecule has 2 saturated heterocycles. The van der Waals surface area contributed by atoms with Crippen LogP contribution in [0.3, 0.4) is 0 Å². The van der Waals surface area contributed by atoms with Crippen molar-refractivity contribution in [3.63, 3.8) is 0 Å². The highest BCUT2D eigenvalue weighted by atomic mass is 16.5. The van der Waals surface area contributed by atoms with Crippen LogP contribution in [0.15, 0.2) is 0 Å². The van der Waals surface area contributed by atoms with Gasteiger partial charge in [-0.2, -0.15) is 0 Å². The molecule has 2 heterocycles. The Kier molecular flexibility index (Phi) is 2.27. The third kappa shape index (κ3) is 1.47. The Hall–Kier alpha value is -0.610. The summed E-state index contributed by atoms with van der Waals surface area (Å²) in [6.07, 6.45) is 3.62. The van der Waals surface area contributed by atoms with Crippen molar-refractivity contribution < 1.29 is 9.53 Å². The smallest absolute Gasteiger partial charge is 0.244 e. The monoisotopic (exact) mass is 224 g/mol. The third-order valence-electron chi connectivity index (χ3n) is 4.34. The molecular formula is C12H20N2O2. The number of carbonyl (C=O) groups excluding carboxylic acids is 1. The number of carbonyl (C=O) groups is 1. The summed E-state index contributed by atoms with van der Waals surface area (Å²) in [6.45, 7) is 5.91. The molecule has 16 heavy (non-hydrogen) atoms. The lowest BCUT2D eigenvalue weighted by Gasteiger charge is -2.25. The quantitative estimate of drug-likeness (QED) is 0.751. The molecule has 1 N–H and O–H groups in total. The Labute approximate surface area is 96.3 Å². The summed E-state index contributed by atoms with van der Waals surface area (Å²) in [5.74, 6) is 0.834. The minimum Gasteiger partial charge on any atom is -0.378 e. The average molecular weight is 224 g/mol. The molecule has 3 rings (SSSR count). The van der Waals surface area contributed by atoms with E-state index >= 15 is 0 Å². The maximum absolute atomic E-state index is 12.2. The predicted molar refractivity (Wildman–Crippen MR) is 59.8 cm³/mol. The summed E-state index contributed by atoms with van der Waals surface area (Å²) in [4.78, 5) is 14.2. The van der Waals surface area contributed by atoms with Crippen molar-refractivity contribution in [2.45, 2.75) is 50.9 Å². The minimum absolute atomic E-state index is 0.165. The summed E-state index contributed by atoms with van der Waals surface area (Å²) in [5.41, 5.74) is -0.165. The molecule has 0 aromatic carbocycles. The molecule has 0 bridgehead atoms. The topological polar surface area (TPSA) is 41.6 Å². The largest absolute Gasteiger partial charge is 0.378 e. The second-order valence-electron chi connectivity index (χ2n) is 5.48. The van der Waals surface area contributed by atoms with E-state index in [-0.39, 0.29) is 11.7 Å². The van der Waals surface area contributed by atoms with Crippen LogP contribution in [0.2, 0.25) is 0 Å². The Bertz CT molecular complexity index is 314. The molecule has 1 aliphatic carbocycles. The second kappa shape index (κ2) is 3.44. The van der Waals surface area contributed by atoms with Gasteiger partial charge in [-0.05, 0) is 33.1 Å². The van der Waals surface area contributed by atoms with Crippen LogP contribution in [-0.4, -0.2) is 41.8 Å². The van der Waals surface area contributed by atoms with Gasteiger partial charge in [0.25, 0.3) is 0 Å². The van der Waals surface area contributed by atoms with Crippen LogP contribution in [0.5, 0.6) is 0 Å². The van der Waals surface area contributed by atoms with E-state index in [9.17, 15) is 4.79 Å². The highest BCUT2D eigenvalue weighted by Gasteiger charge is 2.58. The van der Waals surface area contributed by atoms with Gasteiger partial charge in [0.15, 0.2) is 0 Å². The minimum atomic E-state index is -0.165. The van der Waals surface area contributed by atoms with Crippen molar-refractivity contribution in [2.24, 2.45) is 5.92 Å². The summed E-state index contributed by atoms with van der Waals surface area (Å²) in [6, 6.07) is 0. The second-order valence-corrected chi connectivity index (χ2v) is 5.48. The van der Waals surface area contributed by atoms with Crippen LogP contribution in [0.4, 0.5) is 0 Å². The Morgan fingerprint density at radius 1 is 1.50 bits per heavy atom. The Morgan fingerprint density at radius 3 is 2.75 bits per heavy atom. The molecule has 3 fully saturated rings. The van der Waals surface area contributed by atoms with E-state index < -0.39 is 0 Å². The summed E-state index contributed by atoms with van der Waals surface area (Å²) in [7, 11) is 0. The van der Waals surface area contributed by atoms with Crippen LogP contribution in [-0.2, 0) is 9.53 Å². The van der Waals surface area contributed by atoms with E-state index in [0.29, 0.717) is 17.9 Å². The fraction of sp³-hybridized carbons (Fsp3) is 0.917. The summed E-state index contributed by atoms with van der Waals surface area (Å²) < 4.78 is 5.56. The molecule has 1 amide bonds. The van der Waals surface area contributed by atoms with Crippen molar-refractivity contribution in [3.05, 3.63) is 0 Å². The molecule has 2 aliphatic heterocycles. The van der Waals surface area contributed by atoms with E-state index in [1.807, 2.05) is 4.90 Å². The van der Waals surface area contributed by atoms with Crippen molar-refractivity contribution in [1.29, 1.82) is 0 Å². The molecule has 3 aliphatic rings. The fourth-order valence-corrected chi connectivity index (χ4v) is 2.98. The van der Waals surface area contributed by atoms with Crippen LogP contribution in [0.1, 0.15) is 33.1 Å². The van der Waals surface area contributed by atoms with Gasteiger partial charge in [-0.1, -0.05) is 0 Å². The van der Waals surface area contributed by atoms with Crippen LogP contribution < -0.4 is 5.32 Å². The number of hydrogen-bond donors (Lipinski definition) is 1. The van der Waals surface area contributed by atoms with Crippen LogP contribution in [0.25, 0.3) is 0 Å². The van der Waals surface area contributed by atoms with Crippen molar-refractivity contribution >= 4 is 5.91 Å². The van der Waals surface area contributed by atoms with Gasteiger partial charge in [-0.3, -0.25) is 10.1 Å². The van der Waals surface area contributed by atoms with E-state index in [0.717, 1.165) is 32.4 Å². The zero-order valence-electron chi connectivity index (χ0n) is 10.0. The molecule has 4 nitrogen and oxygen atoms in total. The zero-order chi connectivity index (χ0) is 11.3. The number of nitrogens with one attached hydrogen (secondary N) is 1. The van der Waals surface area contributed by atoms with Crippen molar-refractivity contribution in [3.8, 4) is 0 Å². The number of ether oxygens (including phenoxy) is 1. The average Bonchev–Trinajstić information content (AvgIpc) is 2.85. The molecule has 90 valence electrons. The lowest BCUT2D eigenvalue weighted by Crippen LogP contribution is -2.39. The summed E-state index contributed by atoms with van der Waals surface area (Å²) >= 11 is 0. The number of amides is 1. The van der Waals surface area contributed by atoms with E-state index in [2.05, 4.69) is 19.2 Å². The first-order valence-electron chi connectivity index (χ1n) is 6.33. The lowest BCUT2D eigenvalue weighted by atomic mass is 10.0. The van der Waals surface area contributed by atoms with Crippen LogP contribution in [0, 0.1) is 5.92 Å². The van der Waals surface area contributed by atoms with Gasteiger partial charge in [0.2, 0.25) is 5.91 Å². The lowest BCUT2D eigenvalue weighted by molar-refractivity contribution is -0.131. The molecule has 0 radical (unpaired) electrons. The van der Waals surface area contributed by atoms with Crippen LogP contribution >= 0.6 is 0 Å². The maximum atomic E-state index is 12.2. The molecule has 0 aromatic heterocycles. The molecule has 1 saturated carbocycles. The molecular weight excluding hydrogens is 204 g/mol. The van der Waals surface area contributed by atoms with Gasteiger partial charge in [-0.25, -0.2) is 0 Å². The first-order chi connectivity index (χ1) is 7.62. The van der Waals surface area contributed by atoms with Crippen molar-refractivity contribution in [2.75, 3.05) is 13.2 Å². The number of nitrogens with zero attached hydrogens (tertiary/aromatic N) is 1. The first kappa shape index (κ1) is 10.5. The van der Waals surface area contributed by atoms with Gasteiger partial charge in [-0.15, -0.1) is 0 Å². The molecule has 3 unspecified atom stereocenters. The molecule has 3 atom stereocenters. The third-order valence-corrected chi connectivity index (χ3v) is 4.34. The number of hydrogen-bond acceptors (Lipinski definition) is 3. The first-order valence-corrected chi connectivity index (χ1v) is 6.33. The molecule has 0 aromatic rings. The maximum Gasteiger partial charge on any atom is 0.244 e. The fourth-order valence-electron chi connectivity index (χ4n) is 2.98. The highest BCUT2D eigenvalue weighted by Crippen LogP contribution is 2.42. The van der Waals surface area contributed by atoms with Crippen molar-refractivity contribution in [1.82, 2.24) is 10.2 Å². The Morgan fingerprint density at radius 2 is 2.25 bits per heavy atom. The van der Waals surface area contributed by atoms with E-state index in [1.54, 1.807) is 0 Å². The highest BCUT2D eigenvalue weighted by molar-refractivity contribution is 5.91. The molecule has 4 heteroatoms. The van der Waals surface area contributed by atoms with Gasteiger partial charge in [0, 0.05) is 19.1 Å². The Balaban J connectivity index is 1.68. The standard InChI is InChI=1S/C12H20N2O2/c1-8-10(3-6-16-8)7-14-9(2)13-12(4-5-12)11(14)15/h8-10,13H,3-7H2,1-2H3. The van der Waals surface area contributed by atoms with Gasteiger partial charge in [0.05, 0.1) is 17.8 Å². The number of rotatable bonds is 2. The van der Waals surface area contributed by atoms with Gasteiger partial charge >= 0.3 is 0 Å². The normalized spacial score (nSPS) is 41.0. The molecule has 1 spiro atoms. The predicted octanol–water partition coefficient (Wildman–Crippen LogP) is 0.722. The summed E-state index contributed by atoms with van der Waals surface area (Å²) in [5, 5.41) is 3.43. The van der Waals surface area contributed by atoms with E-state index in [4.69, 9.17) is 4.74 Å². The SMILES string of the molecule is CC1OCCC1CN1C(=O)C2(CC2)NC1C. The van der Waals surface area contributed by atoms with Gasteiger partial charge < -0.3 is 9.64 Å². The zero-order valence-corrected chi connectivity index (χ0v) is 10.0.